The van der Waals surface area contributed by atoms with Crippen molar-refractivity contribution in [1.82, 2.24) is 0 Å². The van der Waals surface area contributed by atoms with Crippen LogP contribution in [0.2, 0.25) is 0 Å². The number of carboxylic acid groups (broad SMARTS) is 1. The number of amides is 1. The summed E-state index contributed by atoms with van der Waals surface area (Å²) in [5.74, 6) is 1.07. The SMILES string of the molecule is C#CCCC(=O)Nc1cc(Br)cc(C(=O)O)c1. The molecule has 0 aromatic heterocycles. The van der Waals surface area contributed by atoms with Gasteiger partial charge in [-0.1, -0.05) is 15.9 Å². The van der Waals surface area contributed by atoms with Gasteiger partial charge in [0.2, 0.25) is 5.91 Å². The van der Waals surface area contributed by atoms with Crippen molar-refractivity contribution in [1.29, 1.82) is 0 Å². The van der Waals surface area contributed by atoms with Gasteiger partial charge in [0.25, 0.3) is 0 Å². The van der Waals surface area contributed by atoms with E-state index in [0.717, 1.165) is 0 Å². The van der Waals surface area contributed by atoms with Crippen LogP contribution in [0.3, 0.4) is 0 Å². The van der Waals surface area contributed by atoms with Crippen LogP contribution in [0, 0.1) is 12.3 Å². The molecule has 1 aromatic rings. The Bertz CT molecular complexity index is 491. The van der Waals surface area contributed by atoms with Crippen molar-refractivity contribution >= 4 is 33.5 Å². The van der Waals surface area contributed by atoms with E-state index >= 15 is 0 Å². The van der Waals surface area contributed by atoms with Crippen LogP contribution < -0.4 is 5.32 Å². The molecule has 0 aliphatic rings. The molecule has 0 aliphatic heterocycles. The lowest BCUT2D eigenvalue weighted by Gasteiger charge is -2.06. The van der Waals surface area contributed by atoms with Crippen LogP contribution in [0.5, 0.6) is 0 Å². The van der Waals surface area contributed by atoms with E-state index in [0.29, 0.717) is 16.6 Å². The van der Waals surface area contributed by atoms with Crippen LogP contribution in [-0.4, -0.2) is 17.0 Å². The molecular formula is C12H10BrNO3. The van der Waals surface area contributed by atoms with Crippen LogP contribution in [-0.2, 0) is 4.79 Å². The lowest BCUT2D eigenvalue weighted by atomic mass is 10.2. The third-order valence-electron chi connectivity index (χ3n) is 1.92. The Morgan fingerprint density at radius 3 is 2.71 bits per heavy atom. The summed E-state index contributed by atoms with van der Waals surface area (Å²) in [6.45, 7) is 0. The van der Waals surface area contributed by atoms with Gasteiger partial charge in [-0.05, 0) is 18.2 Å². The third kappa shape index (κ3) is 4.29. The number of benzene rings is 1. The molecule has 0 aliphatic carbocycles. The van der Waals surface area contributed by atoms with E-state index in [1.807, 2.05) is 0 Å². The summed E-state index contributed by atoms with van der Waals surface area (Å²) in [5.41, 5.74) is 0.533. The Labute approximate surface area is 107 Å². The maximum absolute atomic E-state index is 11.4. The topological polar surface area (TPSA) is 66.4 Å². The fourth-order valence-corrected chi connectivity index (χ4v) is 1.69. The number of aromatic carboxylic acids is 1. The van der Waals surface area contributed by atoms with Crippen molar-refractivity contribution < 1.29 is 14.7 Å². The minimum Gasteiger partial charge on any atom is -0.478 e. The first-order valence-corrected chi connectivity index (χ1v) is 5.59. The first-order valence-electron chi connectivity index (χ1n) is 4.80. The number of anilines is 1. The molecule has 5 heteroatoms. The highest BCUT2D eigenvalue weighted by molar-refractivity contribution is 9.10. The van der Waals surface area contributed by atoms with E-state index in [9.17, 15) is 9.59 Å². The highest BCUT2D eigenvalue weighted by Gasteiger charge is 2.08. The second-order valence-corrected chi connectivity index (χ2v) is 4.20. The van der Waals surface area contributed by atoms with Gasteiger partial charge in [-0.3, -0.25) is 4.79 Å². The average Bonchev–Trinajstić information content (AvgIpc) is 2.25. The highest BCUT2D eigenvalue weighted by Crippen LogP contribution is 2.20. The minimum absolute atomic E-state index is 0.103. The summed E-state index contributed by atoms with van der Waals surface area (Å²) in [5, 5.41) is 11.4. The third-order valence-corrected chi connectivity index (χ3v) is 2.38. The first-order chi connectivity index (χ1) is 8.02. The molecule has 0 fully saturated rings. The fraction of sp³-hybridized carbons (Fsp3) is 0.167. The van der Waals surface area contributed by atoms with Gasteiger partial charge in [-0.15, -0.1) is 12.3 Å². The number of carbonyl (C=O) groups excluding carboxylic acids is 1. The van der Waals surface area contributed by atoms with E-state index in [1.54, 1.807) is 6.07 Å². The summed E-state index contributed by atoms with van der Waals surface area (Å²) in [6, 6.07) is 4.47. The lowest BCUT2D eigenvalue weighted by Crippen LogP contribution is -2.11. The molecule has 0 saturated carbocycles. The molecule has 0 heterocycles. The van der Waals surface area contributed by atoms with Gasteiger partial charge in [0.15, 0.2) is 0 Å². The number of hydrogen-bond donors (Lipinski definition) is 2. The molecule has 2 N–H and O–H groups in total. The quantitative estimate of drug-likeness (QED) is 0.839. The standard InChI is InChI=1S/C12H10BrNO3/c1-2-3-4-11(15)14-10-6-8(12(16)17)5-9(13)7-10/h1,5-7H,3-4H2,(H,14,15)(H,16,17). The van der Waals surface area contributed by atoms with E-state index in [2.05, 4.69) is 27.2 Å². The van der Waals surface area contributed by atoms with Crippen molar-refractivity contribution in [2.75, 3.05) is 5.32 Å². The predicted octanol–water partition coefficient (Wildman–Crippen LogP) is 2.50. The van der Waals surface area contributed by atoms with Crippen molar-refractivity contribution in [2.24, 2.45) is 0 Å². The Morgan fingerprint density at radius 1 is 1.41 bits per heavy atom. The van der Waals surface area contributed by atoms with Crippen LogP contribution in [0.4, 0.5) is 5.69 Å². The zero-order valence-electron chi connectivity index (χ0n) is 8.87. The Hall–Kier alpha value is -1.80. The number of nitrogens with one attached hydrogen (secondary N) is 1. The molecule has 0 unspecified atom stereocenters. The Balaban J connectivity index is 2.81. The average molecular weight is 296 g/mol. The molecule has 0 atom stereocenters. The van der Waals surface area contributed by atoms with E-state index < -0.39 is 5.97 Å². The minimum atomic E-state index is -1.05. The number of rotatable bonds is 4. The number of carbonyl (C=O) groups is 2. The number of hydrogen-bond acceptors (Lipinski definition) is 2. The molecule has 0 radical (unpaired) electrons. The molecule has 4 nitrogen and oxygen atoms in total. The fourth-order valence-electron chi connectivity index (χ4n) is 1.19. The van der Waals surface area contributed by atoms with Gasteiger partial charge >= 0.3 is 5.97 Å². The number of carboxylic acids is 1. The molecule has 17 heavy (non-hydrogen) atoms. The molecule has 88 valence electrons. The second-order valence-electron chi connectivity index (χ2n) is 3.29. The predicted molar refractivity (Wildman–Crippen MR) is 67.8 cm³/mol. The maximum atomic E-state index is 11.4. The molecule has 1 rings (SSSR count). The van der Waals surface area contributed by atoms with Gasteiger partial charge in [-0.25, -0.2) is 4.79 Å². The zero-order valence-corrected chi connectivity index (χ0v) is 10.5. The van der Waals surface area contributed by atoms with E-state index in [1.165, 1.54) is 12.1 Å². The molecule has 0 saturated heterocycles. The lowest BCUT2D eigenvalue weighted by molar-refractivity contribution is -0.116. The molecule has 0 bridgehead atoms. The number of halogens is 1. The molecule has 0 spiro atoms. The van der Waals surface area contributed by atoms with E-state index in [4.69, 9.17) is 11.5 Å². The normalized spacial score (nSPS) is 9.41. The van der Waals surface area contributed by atoms with Crippen LogP contribution in [0.25, 0.3) is 0 Å². The second kappa shape index (κ2) is 6.06. The first kappa shape index (κ1) is 13.3. The van der Waals surface area contributed by atoms with Gasteiger partial charge in [-0.2, -0.15) is 0 Å². The maximum Gasteiger partial charge on any atom is 0.335 e. The van der Waals surface area contributed by atoms with Crippen molar-refractivity contribution in [2.45, 2.75) is 12.8 Å². The van der Waals surface area contributed by atoms with Gasteiger partial charge in [0.05, 0.1) is 5.56 Å². The summed E-state index contributed by atoms with van der Waals surface area (Å²) < 4.78 is 0.588. The van der Waals surface area contributed by atoms with Crippen molar-refractivity contribution in [3.8, 4) is 12.3 Å². The summed E-state index contributed by atoms with van der Waals surface area (Å²) in [4.78, 5) is 22.2. The largest absolute Gasteiger partial charge is 0.478 e. The van der Waals surface area contributed by atoms with Crippen LogP contribution in [0.15, 0.2) is 22.7 Å². The highest BCUT2D eigenvalue weighted by atomic mass is 79.9. The zero-order chi connectivity index (χ0) is 12.8. The smallest absolute Gasteiger partial charge is 0.335 e. The molecule has 1 aromatic carbocycles. The Morgan fingerprint density at radius 2 is 2.12 bits per heavy atom. The van der Waals surface area contributed by atoms with E-state index in [-0.39, 0.29) is 17.9 Å². The van der Waals surface area contributed by atoms with Crippen molar-refractivity contribution in [3.05, 3.63) is 28.2 Å². The molecular weight excluding hydrogens is 286 g/mol. The van der Waals surface area contributed by atoms with Crippen molar-refractivity contribution in [3.63, 3.8) is 0 Å². The Kier molecular flexibility index (Phi) is 4.73. The number of terminal acetylenes is 1. The summed E-state index contributed by atoms with van der Waals surface area (Å²) in [7, 11) is 0. The van der Waals surface area contributed by atoms with Gasteiger partial charge in [0, 0.05) is 23.0 Å². The van der Waals surface area contributed by atoms with Gasteiger partial charge < -0.3 is 10.4 Å². The van der Waals surface area contributed by atoms with Gasteiger partial charge in [0.1, 0.15) is 0 Å². The van der Waals surface area contributed by atoms with Crippen LogP contribution in [0.1, 0.15) is 23.2 Å². The summed E-state index contributed by atoms with van der Waals surface area (Å²) in [6.07, 6.45) is 5.61. The van der Waals surface area contributed by atoms with Crippen LogP contribution >= 0.6 is 15.9 Å². The summed E-state index contributed by atoms with van der Waals surface area (Å²) >= 11 is 3.18. The molecule has 1 amide bonds. The monoisotopic (exact) mass is 295 g/mol.